The maximum absolute atomic E-state index is 14.0. The van der Waals surface area contributed by atoms with Gasteiger partial charge in [0.1, 0.15) is 12.3 Å². The van der Waals surface area contributed by atoms with Gasteiger partial charge >= 0.3 is 5.97 Å². The summed E-state index contributed by atoms with van der Waals surface area (Å²) in [5, 5.41) is 9.71. The van der Waals surface area contributed by atoms with Gasteiger partial charge in [-0.1, -0.05) is 85.3 Å². The second kappa shape index (κ2) is 16.4. The molecule has 10 nitrogen and oxygen atoms in total. The van der Waals surface area contributed by atoms with Crippen molar-refractivity contribution in [1.82, 2.24) is 19.8 Å². The molecule has 0 aliphatic carbocycles. The zero-order valence-corrected chi connectivity index (χ0v) is 28.6. The van der Waals surface area contributed by atoms with E-state index < -0.39 is 18.4 Å². The molecule has 3 aromatic carbocycles. The van der Waals surface area contributed by atoms with Crippen molar-refractivity contribution in [2.45, 2.75) is 51.0 Å². The second-order valence-electron chi connectivity index (χ2n) is 13.2. The molecule has 2 aliphatic heterocycles. The van der Waals surface area contributed by atoms with Crippen LogP contribution in [0.2, 0.25) is 0 Å². The molecule has 0 spiro atoms. The first-order valence-corrected chi connectivity index (χ1v) is 17.5. The van der Waals surface area contributed by atoms with Crippen LogP contribution in [-0.2, 0) is 35.3 Å². The quantitative estimate of drug-likeness (QED) is 0.208. The lowest BCUT2D eigenvalue weighted by Crippen LogP contribution is -2.45. The molecular weight excluding hydrogens is 630 g/mol. The first kappa shape index (κ1) is 34.6. The van der Waals surface area contributed by atoms with Crippen LogP contribution in [-0.4, -0.2) is 88.5 Å². The number of anilines is 1. The van der Waals surface area contributed by atoms with E-state index in [9.17, 15) is 19.5 Å². The number of amides is 2. The number of likely N-dealkylation sites (tertiary alicyclic amines) is 1. The lowest BCUT2D eigenvalue weighted by atomic mass is 9.98. The number of carboxylic acids is 1. The average molecular weight is 676 g/mol. The molecule has 0 bridgehead atoms. The summed E-state index contributed by atoms with van der Waals surface area (Å²) in [6.07, 6.45) is 6.57. The number of fused-ring (bicyclic) bond motifs is 1. The Morgan fingerprint density at radius 1 is 0.880 bits per heavy atom. The number of rotatable bonds is 13. The highest BCUT2D eigenvalue weighted by Gasteiger charge is 2.41. The van der Waals surface area contributed by atoms with Crippen LogP contribution in [0.5, 0.6) is 5.75 Å². The maximum atomic E-state index is 14.0. The molecule has 2 saturated heterocycles. The van der Waals surface area contributed by atoms with Gasteiger partial charge in [0.25, 0.3) is 5.91 Å². The SMILES string of the molecule is COc1ccccc1CC(=O)N1CCCC[C@H]2CN(c3ncc(C(=O)N(CCc4ccccc4)CC(=O)O)c(CCc4ccccc4)n3)C[C@@H]21. The third-order valence-corrected chi connectivity index (χ3v) is 9.87. The van der Waals surface area contributed by atoms with Gasteiger partial charge in [-0.3, -0.25) is 14.4 Å². The van der Waals surface area contributed by atoms with Crippen molar-refractivity contribution in [3.05, 3.63) is 119 Å². The first-order chi connectivity index (χ1) is 24.4. The van der Waals surface area contributed by atoms with Crippen LogP contribution in [0, 0.1) is 5.92 Å². The Hall–Kier alpha value is -5.25. The highest BCUT2D eigenvalue weighted by molar-refractivity contribution is 5.96. The number of ether oxygens (including phenoxy) is 1. The minimum absolute atomic E-state index is 0.0291. The zero-order chi connectivity index (χ0) is 34.9. The number of methoxy groups -OCH3 is 1. The molecular formula is C40H45N5O5. The van der Waals surface area contributed by atoms with Gasteiger partial charge in [-0.05, 0) is 55.2 Å². The summed E-state index contributed by atoms with van der Waals surface area (Å²) in [5.41, 5.74) is 3.93. The van der Waals surface area contributed by atoms with Crippen molar-refractivity contribution in [3.8, 4) is 5.75 Å². The standard InChI is InChI=1S/C40H45N5O5/c1-50-36-18-9-8-16-31(36)24-37(46)45-22-11-10-17-32-26-44(27-35(32)45)40-41-25-33(34(42-40)20-19-29-12-4-2-5-13-29)39(49)43(28-38(47)48)23-21-30-14-6-3-7-15-30/h2-9,12-16,18,25,32,35H,10-11,17,19-24,26-28H2,1H3,(H,47,48)/t32-,35-/m0/s1. The molecule has 0 saturated carbocycles. The van der Waals surface area contributed by atoms with Crippen molar-refractivity contribution in [1.29, 1.82) is 0 Å². The minimum Gasteiger partial charge on any atom is -0.496 e. The molecule has 2 fully saturated rings. The lowest BCUT2D eigenvalue weighted by Gasteiger charge is -2.30. The van der Waals surface area contributed by atoms with Crippen LogP contribution in [0.3, 0.4) is 0 Å². The largest absolute Gasteiger partial charge is 0.496 e. The monoisotopic (exact) mass is 675 g/mol. The Labute approximate surface area is 293 Å². The Kier molecular flexibility index (Phi) is 11.4. The predicted octanol–water partition coefficient (Wildman–Crippen LogP) is 5.10. The summed E-state index contributed by atoms with van der Waals surface area (Å²) in [5.74, 6) is 0.151. The molecule has 2 aliphatic rings. The van der Waals surface area contributed by atoms with Crippen LogP contribution < -0.4 is 9.64 Å². The van der Waals surface area contributed by atoms with E-state index in [0.717, 1.165) is 42.5 Å². The summed E-state index contributed by atoms with van der Waals surface area (Å²) in [4.78, 5) is 55.0. The van der Waals surface area contributed by atoms with Crippen molar-refractivity contribution >= 4 is 23.7 Å². The number of hydrogen-bond acceptors (Lipinski definition) is 7. The van der Waals surface area contributed by atoms with Crippen LogP contribution in [0.25, 0.3) is 0 Å². The maximum Gasteiger partial charge on any atom is 0.323 e. The van der Waals surface area contributed by atoms with Gasteiger partial charge in [0.2, 0.25) is 11.9 Å². The fourth-order valence-corrected chi connectivity index (χ4v) is 7.26. The van der Waals surface area contributed by atoms with Crippen molar-refractivity contribution in [2.24, 2.45) is 5.92 Å². The number of carboxylic acid groups (broad SMARTS) is 1. The second-order valence-corrected chi connectivity index (χ2v) is 13.2. The van der Waals surface area contributed by atoms with E-state index in [-0.39, 0.29) is 30.8 Å². The molecule has 2 amide bonds. The number of carbonyl (C=O) groups is 3. The predicted molar refractivity (Wildman–Crippen MR) is 191 cm³/mol. The smallest absolute Gasteiger partial charge is 0.323 e. The van der Waals surface area contributed by atoms with E-state index in [1.165, 1.54) is 4.90 Å². The van der Waals surface area contributed by atoms with E-state index in [2.05, 4.69) is 9.80 Å². The fraction of sp³-hybridized carbons (Fsp3) is 0.375. The van der Waals surface area contributed by atoms with Gasteiger partial charge in [0.15, 0.2) is 0 Å². The Balaban J connectivity index is 1.24. The normalized spacial score (nSPS) is 17.1. The summed E-state index contributed by atoms with van der Waals surface area (Å²) in [7, 11) is 1.63. The Morgan fingerprint density at radius 3 is 2.30 bits per heavy atom. The minimum atomic E-state index is -1.07. The Bertz CT molecular complexity index is 1770. The number of para-hydroxylation sites is 1. The van der Waals surface area contributed by atoms with E-state index in [0.29, 0.717) is 55.3 Å². The Morgan fingerprint density at radius 2 is 1.58 bits per heavy atom. The summed E-state index contributed by atoms with van der Waals surface area (Å²) in [6.45, 7) is 1.87. The molecule has 4 aromatic rings. The summed E-state index contributed by atoms with van der Waals surface area (Å²) < 4.78 is 5.52. The molecule has 10 heteroatoms. The van der Waals surface area contributed by atoms with Crippen molar-refractivity contribution < 1.29 is 24.2 Å². The number of carbonyl (C=O) groups excluding carboxylic acids is 2. The van der Waals surface area contributed by atoms with Gasteiger partial charge in [0.05, 0.1) is 30.8 Å². The van der Waals surface area contributed by atoms with Crippen LogP contribution >= 0.6 is 0 Å². The van der Waals surface area contributed by atoms with E-state index in [4.69, 9.17) is 14.7 Å². The van der Waals surface area contributed by atoms with Gasteiger partial charge in [-0.15, -0.1) is 0 Å². The highest BCUT2D eigenvalue weighted by atomic mass is 16.5. The molecule has 1 N–H and O–H groups in total. The number of aliphatic carboxylic acids is 1. The van der Waals surface area contributed by atoms with Crippen LogP contribution in [0.15, 0.2) is 91.1 Å². The third kappa shape index (κ3) is 8.48. The highest BCUT2D eigenvalue weighted by Crippen LogP contribution is 2.33. The number of aromatic nitrogens is 2. The lowest BCUT2D eigenvalue weighted by molar-refractivity contribution is -0.137. The topological polar surface area (TPSA) is 116 Å². The summed E-state index contributed by atoms with van der Waals surface area (Å²) in [6, 6.07) is 27.5. The van der Waals surface area contributed by atoms with E-state index in [1.807, 2.05) is 84.9 Å². The third-order valence-electron chi connectivity index (χ3n) is 9.87. The fourth-order valence-electron chi connectivity index (χ4n) is 7.26. The molecule has 260 valence electrons. The zero-order valence-electron chi connectivity index (χ0n) is 28.6. The van der Waals surface area contributed by atoms with Gasteiger partial charge in [-0.25, -0.2) is 9.97 Å². The number of benzene rings is 3. The van der Waals surface area contributed by atoms with Crippen LogP contribution in [0.1, 0.15) is 52.0 Å². The molecule has 1 aromatic heterocycles. The summed E-state index contributed by atoms with van der Waals surface area (Å²) >= 11 is 0. The first-order valence-electron chi connectivity index (χ1n) is 17.5. The molecule has 2 atom stereocenters. The van der Waals surface area contributed by atoms with Gasteiger partial charge in [-0.2, -0.15) is 0 Å². The molecule has 0 radical (unpaired) electrons. The average Bonchev–Trinajstić information content (AvgIpc) is 3.46. The van der Waals surface area contributed by atoms with E-state index in [1.54, 1.807) is 13.3 Å². The molecule has 0 unspecified atom stereocenters. The molecule has 3 heterocycles. The van der Waals surface area contributed by atoms with Gasteiger partial charge < -0.3 is 24.5 Å². The van der Waals surface area contributed by atoms with Crippen molar-refractivity contribution in [2.75, 3.05) is 44.7 Å². The van der Waals surface area contributed by atoms with Crippen molar-refractivity contribution in [3.63, 3.8) is 0 Å². The van der Waals surface area contributed by atoms with Gasteiger partial charge in [0, 0.05) is 37.9 Å². The van der Waals surface area contributed by atoms with Crippen LogP contribution in [0.4, 0.5) is 5.95 Å². The number of aryl methyl sites for hydroxylation is 2. The number of nitrogens with zero attached hydrogens (tertiary/aromatic N) is 5. The molecule has 50 heavy (non-hydrogen) atoms. The van der Waals surface area contributed by atoms with E-state index >= 15 is 0 Å². The molecule has 6 rings (SSSR count). The number of hydrogen-bond donors (Lipinski definition) is 1.